The number of pyridine rings is 1. The predicted molar refractivity (Wildman–Crippen MR) is 146 cm³/mol. The number of carbonyl (C=O) groups excluding carboxylic acids is 1. The number of benzene rings is 1. The molecule has 0 radical (unpaired) electrons. The van der Waals surface area contributed by atoms with Gasteiger partial charge in [-0.05, 0) is 70.4 Å². The van der Waals surface area contributed by atoms with E-state index in [2.05, 4.69) is 23.3 Å². The van der Waals surface area contributed by atoms with Crippen LogP contribution in [0.15, 0.2) is 36.5 Å². The number of halogens is 1. The highest BCUT2D eigenvalue weighted by molar-refractivity contribution is 6.30. The number of nitrogens with zero attached hydrogens (tertiary/aromatic N) is 4. The van der Waals surface area contributed by atoms with Crippen LogP contribution in [0.1, 0.15) is 59.8 Å². The third-order valence-electron chi connectivity index (χ3n) is 6.35. The van der Waals surface area contributed by atoms with Crippen molar-refractivity contribution in [3.05, 3.63) is 41.6 Å². The fourth-order valence-corrected chi connectivity index (χ4v) is 4.60. The minimum atomic E-state index is -0.784. The maximum absolute atomic E-state index is 12.7. The van der Waals surface area contributed by atoms with Crippen molar-refractivity contribution in [3.63, 3.8) is 0 Å². The number of esters is 1. The molecular formula is C28H34ClN5O4. The van der Waals surface area contributed by atoms with Crippen molar-refractivity contribution in [1.82, 2.24) is 14.8 Å². The van der Waals surface area contributed by atoms with E-state index in [0.717, 1.165) is 24.0 Å². The van der Waals surface area contributed by atoms with Crippen LogP contribution in [0.5, 0.6) is 5.88 Å². The molecule has 202 valence electrons. The predicted octanol–water partition coefficient (Wildman–Crippen LogP) is 6.14. The lowest BCUT2D eigenvalue weighted by Gasteiger charge is -2.39. The molecule has 1 aromatic carbocycles. The third-order valence-corrected chi connectivity index (χ3v) is 6.61. The van der Waals surface area contributed by atoms with Crippen molar-refractivity contribution in [2.45, 2.75) is 77.0 Å². The summed E-state index contributed by atoms with van der Waals surface area (Å²) in [5.41, 5.74) is 0.164. The van der Waals surface area contributed by atoms with Gasteiger partial charge >= 0.3 is 5.97 Å². The summed E-state index contributed by atoms with van der Waals surface area (Å²) in [4.78, 5) is 17.2. The molecule has 9 nitrogen and oxygen atoms in total. The average molecular weight is 540 g/mol. The number of nitrogens with one attached hydrogen (secondary N) is 1. The maximum atomic E-state index is 12.7. The Labute approximate surface area is 228 Å². The molecule has 10 heteroatoms. The smallest absolute Gasteiger partial charge is 0.335 e. The zero-order valence-corrected chi connectivity index (χ0v) is 23.0. The summed E-state index contributed by atoms with van der Waals surface area (Å²) in [6.07, 6.45) is 3.94. The molecule has 2 atom stereocenters. The second-order valence-corrected chi connectivity index (χ2v) is 11.0. The SMILES string of the molecule is CCCCOc1nccc2c1c(Nc1ccc(Cl)cc1)nn2[C@]1(CC#N)CC[C@@H](C(=O)OC(C)(C)C)OC1. The van der Waals surface area contributed by atoms with Crippen molar-refractivity contribution in [2.75, 3.05) is 18.5 Å². The lowest BCUT2D eigenvalue weighted by atomic mass is 9.87. The quantitative estimate of drug-likeness (QED) is 0.255. The van der Waals surface area contributed by atoms with E-state index in [1.54, 1.807) is 18.3 Å². The number of hydrogen-bond acceptors (Lipinski definition) is 8. The number of hydrogen-bond donors (Lipinski definition) is 1. The summed E-state index contributed by atoms with van der Waals surface area (Å²) in [7, 11) is 0. The van der Waals surface area contributed by atoms with Gasteiger partial charge in [-0.25, -0.2) is 9.78 Å². The van der Waals surface area contributed by atoms with E-state index in [1.165, 1.54) is 0 Å². The first-order valence-corrected chi connectivity index (χ1v) is 13.3. The molecule has 0 aliphatic carbocycles. The third kappa shape index (κ3) is 6.20. The van der Waals surface area contributed by atoms with Gasteiger partial charge in [-0.2, -0.15) is 10.4 Å². The zero-order valence-electron chi connectivity index (χ0n) is 22.3. The molecule has 1 saturated heterocycles. The van der Waals surface area contributed by atoms with E-state index < -0.39 is 23.2 Å². The van der Waals surface area contributed by atoms with Crippen LogP contribution in [0.3, 0.4) is 0 Å². The van der Waals surface area contributed by atoms with Gasteiger partial charge in [0.05, 0.1) is 36.8 Å². The van der Waals surface area contributed by atoms with Crippen molar-refractivity contribution in [1.29, 1.82) is 5.26 Å². The summed E-state index contributed by atoms with van der Waals surface area (Å²) in [6, 6.07) is 11.5. The zero-order chi connectivity index (χ0) is 27.3. The Balaban J connectivity index is 1.73. The van der Waals surface area contributed by atoms with E-state index in [-0.39, 0.29) is 13.0 Å². The number of ether oxygens (including phenoxy) is 3. The van der Waals surface area contributed by atoms with Gasteiger partial charge in [0.1, 0.15) is 11.0 Å². The molecule has 1 N–H and O–H groups in total. The average Bonchev–Trinajstić information content (AvgIpc) is 3.25. The second kappa shape index (κ2) is 11.6. The van der Waals surface area contributed by atoms with Gasteiger partial charge < -0.3 is 19.5 Å². The Morgan fingerprint density at radius 2 is 2.08 bits per heavy atom. The maximum Gasteiger partial charge on any atom is 0.335 e. The van der Waals surface area contributed by atoms with Gasteiger partial charge in [-0.3, -0.25) is 4.68 Å². The Bertz CT molecular complexity index is 1300. The molecular weight excluding hydrogens is 506 g/mol. The van der Waals surface area contributed by atoms with Crippen LogP contribution in [-0.2, 0) is 19.8 Å². The van der Waals surface area contributed by atoms with E-state index in [9.17, 15) is 10.1 Å². The second-order valence-electron chi connectivity index (χ2n) is 10.5. The first kappa shape index (κ1) is 27.7. The summed E-state index contributed by atoms with van der Waals surface area (Å²) < 4.78 is 19.5. The molecule has 38 heavy (non-hydrogen) atoms. The molecule has 0 bridgehead atoms. The minimum absolute atomic E-state index is 0.135. The molecule has 1 aliphatic rings. The summed E-state index contributed by atoms with van der Waals surface area (Å²) >= 11 is 6.08. The van der Waals surface area contributed by atoms with Crippen molar-refractivity contribution < 1.29 is 19.0 Å². The number of carbonyl (C=O) groups is 1. The number of anilines is 2. The first-order chi connectivity index (χ1) is 18.2. The van der Waals surface area contributed by atoms with Gasteiger partial charge in [0.25, 0.3) is 0 Å². The van der Waals surface area contributed by atoms with E-state index in [0.29, 0.717) is 41.6 Å². The number of aromatic nitrogens is 3. The van der Waals surface area contributed by atoms with Crippen LogP contribution in [-0.4, -0.2) is 45.7 Å². The Hall–Kier alpha value is -3.35. The summed E-state index contributed by atoms with van der Waals surface area (Å²) in [5.74, 6) is 0.622. The Kier molecular flexibility index (Phi) is 8.44. The fraction of sp³-hybridized carbons (Fsp3) is 0.500. The van der Waals surface area contributed by atoms with Crippen molar-refractivity contribution in [2.24, 2.45) is 0 Å². The Morgan fingerprint density at radius 3 is 2.71 bits per heavy atom. The van der Waals surface area contributed by atoms with Crippen LogP contribution < -0.4 is 10.1 Å². The fourth-order valence-electron chi connectivity index (χ4n) is 4.47. The molecule has 0 saturated carbocycles. The van der Waals surface area contributed by atoms with Gasteiger partial charge in [-0.1, -0.05) is 24.9 Å². The molecule has 4 rings (SSSR count). The molecule has 0 spiro atoms. The molecule has 3 heterocycles. The number of rotatable bonds is 9. The van der Waals surface area contributed by atoms with Crippen molar-refractivity contribution >= 4 is 40.0 Å². The molecule has 1 aliphatic heterocycles. The van der Waals surface area contributed by atoms with E-state index >= 15 is 0 Å². The van der Waals surface area contributed by atoms with Crippen molar-refractivity contribution in [3.8, 4) is 11.9 Å². The summed E-state index contributed by atoms with van der Waals surface area (Å²) in [6.45, 7) is 8.24. The highest BCUT2D eigenvalue weighted by Gasteiger charge is 2.43. The van der Waals surface area contributed by atoms with Gasteiger partial charge in [0, 0.05) is 16.9 Å². The van der Waals surface area contributed by atoms with Crippen LogP contribution in [0.25, 0.3) is 10.9 Å². The first-order valence-electron chi connectivity index (χ1n) is 12.9. The van der Waals surface area contributed by atoms with Gasteiger partial charge in [0.2, 0.25) is 5.88 Å². The number of unbranched alkanes of at least 4 members (excludes halogenated alkanes) is 1. The van der Waals surface area contributed by atoms with E-state index in [1.807, 2.05) is 43.7 Å². The lowest BCUT2D eigenvalue weighted by Crippen LogP contribution is -2.47. The number of fused-ring (bicyclic) bond motifs is 1. The highest BCUT2D eigenvalue weighted by Crippen LogP contribution is 2.40. The summed E-state index contributed by atoms with van der Waals surface area (Å²) in [5, 5.41) is 19.5. The molecule has 0 amide bonds. The Morgan fingerprint density at radius 1 is 1.32 bits per heavy atom. The monoisotopic (exact) mass is 539 g/mol. The van der Waals surface area contributed by atoms with Crippen LogP contribution in [0, 0.1) is 11.3 Å². The van der Waals surface area contributed by atoms with Gasteiger partial charge in [-0.15, -0.1) is 0 Å². The van der Waals surface area contributed by atoms with Crippen LogP contribution >= 0.6 is 11.6 Å². The molecule has 1 fully saturated rings. The molecule has 0 unspecified atom stereocenters. The topological polar surface area (TPSA) is 111 Å². The lowest BCUT2D eigenvalue weighted by molar-refractivity contribution is -0.176. The molecule has 2 aromatic heterocycles. The molecule has 3 aromatic rings. The minimum Gasteiger partial charge on any atom is -0.477 e. The normalized spacial score (nSPS) is 19.6. The largest absolute Gasteiger partial charge is 0.477 e. The highest BCUT2D eigenvalue weighted by atomic mass is 35.5. The van der Waals surface area contributed by atoms with Crippen LogP contribution in [0.4, 0.5) is 11.5 Å². The van der Waals surface area contributed by atoms with Gasteiger partial charge in [0.15, 0.2) is 11.9 Å². The standard InChI is InChI=1S/C28H34ClN5O4/c1-5-6-17-36-25-23-21(12-16-31-25)34(33-24(23)32-20-9-7-19(29)8-10-20)28(14-15-30)13-11-22(37-18-28)26(35)38-27(2,3)4/h7-10,12,16,22H,5-6,11,13-14,17-18H2,1-4H3,(H,32,33)/t22-,28-/m0/s1. The van der Waals surface area contributed by atoms with Crippen LogP contribution in [0.2, 0.25) is 5.02 Å². The van der Waals surface area contributed by atoms with E-state index in [4.69, 9.17) is 30.9 Å². The number of nitriles is 1.